The number of primary amides is 1. The second kappa shape index (κ2) is 5.00. The van der Waals surface area contributed by atoms with Gasteiger partial charge in [0.05, 0.1) is 11.3 Å². The lowest BCUT2D eigenvalue weighted by molar-refractivity contribution is 0.100. The Balaban J connectivity index is 2.41. The van der Waals surface area contributed by atoms with E-state index in [9.17, 15) is 9.18 Å². The highest BCUT2D eigenvalue weighted by Gasteiger charge is 2.20. The van der Waals surface area contributed by atoms with Crippen molar-refractivity contribution in [2.45, 2.75) is 0 Å². The maximum atomic E-state index is 13.1. The summed E-state index contributed by atoms with van der Waals surface area (Å²) in [6, 6.07) is 11.7. The Morgan fingerprint density at radius 1 is 1.19 bits per heavy atom. The number of amides is 1. The monoisotopic (exact) mass is 346 g/mol. The minimum atomic E-state index is -0.502. The number of fused-ring (bicyclic) bond motifs is 1. The van der Waals surface area contributed by atoms with Crippen LogP contribution in [0.1, 0.15) is 10.4 Å². The molecule has 0 radical (unpaired) electrons. The molecule has 3 nitrogen and oxygen atoms in total. The van der Waals surface area contributed by atoms with Crippen molar-refractivity contribution in [2.24, 2.45) is 12.8 Å². The second-order valence-corrected chi connectivity index (χ2v) is 5.73. The molecule has 0 fully saturated rings. The first kappa shape index (κ1) is 13.8. The topological polar surface area (TPSA) is 48.0 Å². The molecule has 0 saturated carbocycles. The Labute approximate surface area is 129 Å². The highest BCUT2D eigenvalue weighted by Crippen LogP contribution is 2.34. The summed E-state index contributed by atoms with van der Waals surface area (Å²) >= 11 is 3.40. The molecular formula is C16H12BrFN2O. The molecule has 3 aromatic rings. The maximum absolute atomic E-state index is 13.1. The number of rotatable bonds is 2. The molecule has 106 valence electrons. The standard InChI is InChI=1S/C16H12BrFN2O/c1-20-13-7-4-10(17)8-12(13)14(16(19)21)15(20)9-2-5-11(18)6-3-9/h2-8H,1H3,(H2,19,21). The smallest absolute Gasteiger partial charge is 0.251 e. The van der Waals surface area contributed by atoms with Crippen molar-refractivity contribution in [1.82, 2.24) is 4.57 Å². The molecule has 0 aliphatic heterocycles. The van der Waals surface area contributed by atoms with E-state index >= 15 is 0 Å². The lowest BCUT2D eigenvalue weighted by Crippen LogP contribution is -2.12. The van der Waals surface area contributed by atoms with Gasteiger partial charge in [0.15, 0.2) is 0 Å². The Kier molecular flexibility index (Phi) is 3.29. The average Bonchev–Trinajstić information content (AvgIpc) is 2.72. The summed E-state index contributed by atoms with van der Waals surface area (Å²) in [6.45, 7) is 0. The fraction of sp³-hybridized carbons (Fsp3) is 0.0625. The first-order valence-corrected chi connectivity index (χ1v) is 7.12. The van der Waals surface area contributed by atoms with Crippen LogP contribution in [0.15, 0.2) is 46.9 Å². The van der Waals surface area contributed by atoms with Crippen molar-refractivity contribution >= 4 is 32.7 Å². The number of aryl methyl sites for hydroxylation is 1. The number of hydrogen-bond donors (Lipinski definition) is 1. The third-order valence-corrected chi connectivity index (χ3v) is 4.02. The van der Waals surface area contributed by atoms with Crippen LogP contribution < -0.4 is 5.73 Å². The first-order chi connectivity index (χ1) is 9.99. The number of nitrogens with two attached hydrogens (primary N) is 1. The van der Waals surface area contributed by atoms with Crippen LogP contribution in [-0.2, 0) is 7.05 Å². The predicted octanol–water partition coefficient (Wildman–Crippen LogP) is 3.85. The molecule has 1 heterocycles. The van der Waals surface area contributed by atoms with Crippen molar-refractivity contribution in [2.75, 3.05) is 0 Å². The van der Waals surface area contributed by atoms with Gasteiger partial charge in [-0.3, -0.25) is 4.79 Å². The van der Waals surface area contributed by atoms with Crippen LogP contribution in [0, 0.1) is 5.82 Å². The van der Waals surface area contributed by atoms with Crippen molar-refractivity contribution in [3.8, 4) is 11.3 Å². The Bertz CT molecular complexity index is 853. The molecule has 0 spiro atoms. The Morgan fingerprint density at radius 3 is 2.48 bits per heavy atom. The van der Waals surface area contributed by atoms with Gasteiger partial charge >= 0.3 is 0 Å². The van der Waals surface area contributed by atoms with Crippen LogP contribution in [-0.4, -0.2) is 10.5 Å². The lowest BCUT2D eigenvalue weighted by atomic mass is 10.0. The molecule has 5 heteroatoms. The molecule has 3 rings (SSSR count). The molecule has 2 N–H and O–H groups in total. The van der Waals surface area contributed by atoms with Gasteiger partial charge in [-0.2, -0.15) is 0 Å². The summed E-state index contributed by atoms with van der Waals surface area (Å²) in [7, 11) is 1.86. The number of aromatic nitrogens is 1. The number of hydrogen-bond acceptors (Lipinski definition) is 1. The molecule has 0 unspecified atom stereocenters. The van der Waals surface area contributed by atoms with E-state index in [0.717, 1.165) is 20.9 Å². The van der Waals surface area contributed by atoms with Gasteiger partial charge in [-0.25, -0.2) is 4.39 Å². The summed E-state index contributed by atoms with van der Waals surface area (Å²) in [5, 5.41) is 0.777. The van der Waals surface area contributed by atoms with Crippen molar-refractivity contribution in [3.63, 3.8) is 0 Å². The number of carbonyl (C=O) groups excluding carboxylic acids is 1. The molecule has 0 saturated heterocycles. The first-order valence-electron chi connectivity index (χ1n) is 6.32. The van der Waals surface area contributed by atoms with Crippen molar-refractivity contribution in [3.05, 3.63) is 58.3 Å². The number of halogens is 2. The van der Waals surface area contributed by atoms with E-state index in [2.05, 4.69) is 15.9 Å². The number of carbonyl (C=O) groups is 1. The summed E-state index contributed by atoms with van der Waals surface area (Å²) in [5.74, 6) is -0.820. The maximum Gasteiger partial charge on any atom is 0.251 e. The third-order valence-electron chi connectivity index (χ3n) is 3.53. The van der Waals surface area contributed by atoms with E-state index in [4.69, 9.17) is 5.73 Å². The zero-order valence-electron chi connectivity index (χ0n) is 11.2. The summed E-state index contributed by atoms with van der Waals surface area (Å²) in [4.78, 5) is 11.9. The minimum absolute atomic E-state index is 0.319. The van der Waals surface area contributed by atoms with Gasteiger partial charge < -0.3 is 10.3 Å². The highest BCUT2D eigenvalue weighted by molar-refractivity contribution is 9.10. The molecule has 0 aliphatic rings. The summed E-state index contributed by atoms with van der Waals surface area (Å²) in [6.07, 6.45) is 0. The zero-order chi connectivity index (χ0) is 15.1. The van der Waals surface area contributed by atoms with Crippen LogP contribution in [0.5, 0.6) is 0 Å². The lowest BCUT2D eigenvalue weighted by Gasteiger charge is -2.06. The minimum Gasteiger partial charge on any atom is -0.366 e. The van der Waals surface area contributed by atoms with Gasteiger partial charge in [0.2, 0.25) is 0 Å². The fourth-order valence-corrected chi connectivity index (χ4v) is 2.97. The number of benzene rings is 2. The van der Waals surface area contributed by atoms with E-state index in [1.165, 1.54) is 12.1 Å². The van der Waals surface area contributed by atoms with E-state index in [-0.39, 0.29) is 5.82 Å². The van der Waals surface area contributed by atoms with Gasteiger partial charge in [0.25, 0.3) is 5.91 Å². The Hall–Kier alpha value is -2.14. The van der Waals surface area contributed by atoms with E-state index in [1.54, 1.807) is 12.1 Å². The van der Waals surface area contributed by atoms with Crippen molar-refractivity contribution < 1.29 is 9.18 Å². The quantitative estimate of drug-likeness (QED) is 0.752. The van der Waals surface area contributed by atoms with E-state index in [1.807, 2.05) is 29.8 Å². The van der Waals surface area contributed by atoms with E-state index < -0.39 is 5.91 Å². The number of nitrogens with zero attached hydrogens (tertiary/aromatic N) is 1. The molecule has 1 amide bonds. The highest BCUT2D eigenvalue weighted by atomic mass is 79.9. The molecule has 0 atom stereocenters. The fourth-order valence-electron chi connectivity index (χ4n) is 2.61. The van der Waals surface area contributed by atoms with Crippen LogP contribution in [0.4, 0.5) is 4.39 Å². The van der Waals surface area contributed by atoms with Crippen LogP contribution in [0.2, 0.25) is 0 Å². The van der Waals surface area contributed by atoms with Gasteiger partial charge in [0, 0.05) is 22.4 Å². The Morgan fingerprint density at radius 2 is 1.86 bits per heavy atom. The zero-order valence-corrected chi connectivity index (χ0v) is 12.8. The largest absolute Gasteiger partial charge is 0.366 e. The molecule has 1 aromatic heterocycles. The molecule has 0 aliphatic carbocycles. The van der Waals surface area contributed by atoms with Crippen LogP contribution in [0.3, 0.4) is 0 Å². The second-order valence-electron chi connectivity index (χ2n) is 4.82. The SMILES string of the molecule is Cn1c(-c2ccc(F)cc2)c(C(N)=O)c2cc(Br)ccc21. The third kappa shape index (κ3) is 2.23. The summed E-state index contributed by atoms with van der Waals surface area (Å²) in [5.41, 5.74) is 8.35. The average molecular weight is 347 g/mol. The van der Waals surface area contributed by atoms with Gasteiger partial charge in [-0.1, -0.05) is 15.9 Å². The molecule has 0 bridgehead atoms. The molecule has 21 heavy (non-hydrogen) atoms. The van der Waals surface area contributed by atoms with Crippen LogP contribution in [0.25, 0.3) is 22.2 Å². The molecule has 2 aromatic carbocycles. The normalized spacial score (nSPS) is 11.0. The van der Waals surface area contributed by atoms with Gasteiger partial charge in [-0.05, 0) is 48.0 Å². The van der Waals surface area contributed by atoms with Crippen molar-refractivity contribution in [1.29, 1.82) is 0 Å². The molecular weight excluding hydrogens is 335 g/mol. The van der Waals surface area contributed by atoms with Gasteiger partial charge in [0.1, 0.15) is 5.82 Å². The summed E-state index contributed by atoms with van der Waals surface area (Å²) < 4.78 is 15.9. The van der Waals surface area contributed by atoms with E-state index in [0.29, 0.717) is 11.3 Å². The van der Waals surface area contributed by atoms with Crippen LogP contribution >= 0.6 is 15.9 Å². The predicted molar refractivity (Wildman–Crippen MR) is 84.5 cm³/mol. The van der Waals surface area contributed by atoms with Gasteiger partial charge in [-0.15, -0.1) is 0 Å².